The summed E-state index contributed by atoms with van der Waals surface area (Å²) >= 11 is 0. The number of fused-ring (bicyclic) bond motifs is 2. The zero-order chi connectivity index (χ0) is 17.3. The number of hydrogen-bond acceptors (Lipinski definition) is 9. The van der Waals surface area contributed by atoms with Crippen LogP contribution in [0, 0.1) is 23.7 Å². The molecule has 2 aliphatic rings. The van der Waals surface area contributed by atoms with E-state index >= 15 is 0 Å². The average Bonchev–Trinajstić information content (AvgIpc) is 3.14. The van der Waals surface area contributed by atoms with Crippen molar-refractivity contribution < 1.29 is 42.9 Å². The Bertz CT molecular complexity index is 438. The van der Waals surface area contributed by atoms with Crippen molar-refractivity contribution in [2.75, 3.05) is 28.4 Å². The van der Waals surface area contributed by atoms with Crippen LogP contribution in [-0.4, -0.2) is 64.5 Å². The Kier molecular flexibility index (Phi) is 4.88. The maximum absolute atomic E-state index is 12.1. The predicted molar refractivity (Wildman–Crippen MR) is 70.7 cm³/mol. The van der Waals surface area contributed by atoms with Gasteiger partial charge in [-0.3, -0.25) is 19.2 Å². The number of hydrogen-bond donors (Lipinski definition) is 0. The summed E-state index contributed by atoms with van der Waals surface area (Å²) in [5.74, 6) is -7.08. The normalized spacial score (nSPS) is 34.6. The second-order valence-electron chi connectivity index (χ2n) is 5.26. The van der Waals surface area contributed by atoms with Crippen LogP contribution < -0.4 is 0 Å². The molecule has 2 heterocycles. The minimum Gasteiger partial charge on any atom is -0.469 e. The maximum atomic E-state index is 12.1. The van der Waals surface area contributed by atoms with Gasteiger partial charge in [0.1, 0.15) is 0 Å². The van der Waals surface area contributed by atoms with Gasteiger partial charge in [-0.25, -0.2) is 0 Å². The highest BCUT2D eigenvalue weighted by molar-refractivity contribution is 5.90. The first-order valence-electron chi connectivity index (χ1n) is 6.89. The molecule has 0 aromatic heterocycles. The third-order valence-electron chi connectivity index (χ3n) is 4.40. The molecular weight excluding hydrogens is 312 g/mol. The van der Waals surface area contributed by atoms with Gasteiger partial charge >= 0.3 is 23.9 Å². The van der Waals surface area contributed by atoms with Gasteiger partial charge in [-0.2, -0.15) is 0 Å². The van der Waals surface area contributed by atoms with Crippen LogP contribution in [0.25, 0.3) is 0 Å². The molecule has 2 fully saturated rings. The smallest absolute Gasteiger partial charge is 0.312 e. The lowest BCUT2D eigenvalue weighted by atomic mass is 9.68. The fraction of sp³-hybridized carbons (Fsp3) is 0.714. The highest BCUT2D eigenvalue weighted by Gasteiger charge is 2.69. The minimum atomic E-state index is -1.05. The SMILES string of the molecule is COC(=O)[C@@H]1C2OC([C@H]1C(=O)OC)[C@H](C(=O)OC)[C@H]2C(=O)OC. The molecule has 0 aliphatic carbocycles. The number of esters is 4. The van der Waals surface area contributed by atoms with Crippen molar-refractivity contribution in [1.82, 2.24) is 0 Å². The van der Waals surface area contributed by atoms with Crippen molar-refractivity contribution in [2.24, 2.45) is 23.7 Å². The molecule has 6 atom stereocenters. The van der Waals surface area contributed by atoms with E-state index in [4.69, 9.17) is 23.7 Å². The van der Waals surface area contributed by atoms with Crippen LogP contribution in [0.1, 0.15) is 0 Å². The molecule has 0 spiro atoms. The van der Waals surface area contributed by atoms with E-state index in [0.717, 1.165) is 28.4 Å². The van der Waals surface area contributed by atoms with E-state index in [2.05, 4.69) is 0 Å². The van der Waals surface area contributed by atoms with E-state index in [9.17, 15) is 19.2 Å². The summed E-state index contributed by atoms with van der Waals surface area (Å²) in [6.07, 6.45) is -2.04. The first-order chi connectivity index (χ1) is 10.9. The highest BCUT2D eigenvalue weighted by Crippen LogP contribution is 2.51. The van der Waals surface area contributed by atoms with Crippen LogP contribution in [-0.2, 0) is 42.9 Å². The summed E-state index contributed by atoms with van der Waals surface area (Å²) in [5.41, 5.74) is 0. The maximum Gasteiger partial charge on any atom is 0.312 e. The summed E-state index contributed by atoms with van der Waals surface area (Å²) in [6, 6.07) is 0. The first-order valence-corrected chi connectivity index (χ1v) is 6.89. The van der Waals surface area contributed by atoms with E-state index in [1.54, 1.807) is 0 Å². The Balaban J connectivity index is 2.46. The molecule has 0 radical (unpaired) electrons. The van der Waals surface area contributed by atoms with Gasteiger partial charge in [0.2, 0.25) is 0 Å². The second kappa shape index (κ2) is 6.53. The van der Waals surface area contributed by atoms with Gasteiger partial charge in [-0.1, -0.05) is 0 Å². The van der Waals surface area contributed by atoms with Crippen molar-refractivity contribution in [1.29, 1.82) is 0 Å². The number of rotatable bonds is 4. The Hall–Kier alpha value is -2.16. The molecule has 0 N–H and O–H groups in total. The third-order valence-corrected chi connectivity index (χ3v) is 4.40. The number of ether oxygens (including phenoxy) is 5. The predicted octanol–water partition coefficient (Wildman–Crippen LogP) is -1.08. The molecule has 2 bridgehead atoms. The first kappa shape index (κ1) is 17.2. The lowest BCUT2D eigenvalue weighted by Gasteiger charge is -2.32. The summed E-state index contributed by atoms with van der Waals surface area (Å²) in [6.45, 7) is 0. The lowest BCUT2D eigenvalue weighted by Crippen LogP contribution is -2.52. The molecule has 2 aliphatic heterocycles. The van der Waals surface area contributed by atoms with Gasteiger partial charge in [0.25, 0.3) is 0 Å². The molecule has 0 amide bonds. The summed E-state index contributed by atoms with van der Waals surface area (Å²) in [5, 5.41) is 0. The zero-order valence-electron chi connectivity index (χ0n) is 13.1. The Labute approximate surface area is 132 Å². The van der Waals surface area contributed by atoms with Gasteiger partial charge in [-0.15, -0.1) is 0 Å². The van der Waals surface area contributed by atoms with Crippen molar-refractivity contribution in [3.63, 3.8) is 0 Å². The highest BCUT2D eigenvalue weighted by atomic mass is 16.6. The van der Waals surface area contributed by atoms with Crippen LogP contribution in [0.2, 0.25) is 0 Å². The monoisotopic (exact) mass is 330 g/mol. The van der Waals surface area contributed by atoms with E-state index in [0.29, 0.717) is 0 Å². The van der Waals surface area contributed by atoms with Gasteiger partial charge in [0.15, 0.2) is 0 Å². The number of carbonyl (C=O) groups excluding carboxylic acids is 4. The molecule has 128 valence electrons. The zero-order valence-corrected chi connectivity index (χ0v) is 13.1. The van der Waals surface area contributed by atoms with E-state index in [1.165, 1.54) is 0 Å². The summed E-state index contributed by atoms with van der Waals surface area (Å²) in [4.78, 5) is 48.2. The van der Waals surface area contributed by atoms with Gasteiger partial charge in [0.05, 0.1) is 64.3 Å². The second-order valence-corrected chi connectivity index (χ2v) is 5.26. The van der Waals surface area contributed by atoms with E-state index in [1.807, 2.05) is 0 Å². The standard InChI is InChI=1S/C14H18O9/c1-19-11(15)5-6(12(16)20-2)10-8(14(18)22-4)7(9(5)23-10)13(17)21-3/h5-10H,1-4H3/t5-,6-,7+,8+,9?,10?. The fourth-order valence-electron chi connectivity index (χ4n) is 3.45. The molecule has 2 saturated heterocycles. The minimum absolute atomic E-state index is 0.717. The Morgan fingerprint density at radius 1 is 0.565 bits per heavy atom. The van der Waals surface area contributed by atoms with Crippen molar-refractivity contribution in [3.8, 4) is 0 Å². The van der Waals surface area contributed by atoms with Crippen LogP contribution in [0.15, 0.2) is 0 Å². The van der Waals surface area contributed by atoms with Gasteiger partial charge < -0.3 is 23.7 Å². The van der Waals surface area contributed by atoms with Gasteiger partial charge in [0, 0.05) is 0 Å². The quantitative estimate of drug-likeness (QED) is 0.469. The molecule has 2 rings (SSSR count). The molecule has 0 saturated carbocycles. The van der Waals surface area contributed by atoms with Crippen LogP contribution in [0.3, 0.4) is 0 Å². The molecule has 0 aromatic rings. The topological polar surface area (TPSA) is 114 Å². The molecule has 2 unspecified atom stereocenters. The molecule has 23 heavy (non-hydrogen) atoms. The summed E-state index contributed by atoms with van der Waals surface area (Å²) in [7, 11) is 4.64. The molecule has 9 nitrogen and oxygen atoms in total. The number of methoxy groups -OCH3 is 4. The largest absolute Gasteiger partial charge is 0.469 e. The van der Waals surface area contributed by atoms with Crippen molar-refractivity contribution in [3.05, 3.63) is 0 Å². The van der Waals surface area contributed by atoms with Crippen LogP contribution >= 0.6 is 0 Å². The molecular formula is C14H18O9. The van der Waals surface area contributed by atoms with E-state index in [-0.39, 0.29) is 0 Å². The third kappa shape index (κ3) is 2.54. The fourth-order valence-corrected chi connectivity index (χ4v) is 3.45. The van der Waals surface area contributed by atoms with Gasteiger partial charge in [-0.05, 0) is 0 Å². The lowest BCUT2D eigenvalue weighted by molar-refractivity contribution is -0.168. The molecule has 9 heteroatoms. The van der Waals surface area contributed by atoms with Crippen LogP contribution in [0.5, 0.6) is 0 Å². The Morgan fingerprint density at radius 2 is 0.783 bits per heavy atom. The average molecular weight is 330 g/mol. The van der Waals surface area contributed by atoms with E-state index < -0.39 is 59.8 Å². The van der Waals surface area contributed by atoms with Crippen molar-refractivity contribution >= 4 is 23.9 Å². The molecule has 0 aromatic carbocycles. The number of carbonyl (C=O) groups is 4. The van der Waals surface area contributed by atoms with Crippen LogP contribution in [0.4, 0.5) is 0 Å². The summed E-state index contributed by atoms with van der Waals surface area (Å²) < 4.78 is 24.4. The Morgan fingerprint density at radius 3 is 0.957 bits per heavy atom. The van der Waals surface area contributed by atoms with Crippen molar-refractivity contribution in [2.45, 2.75) is 12.2 Å².